The molecule has 0 bridgehead atoms. The first-order chi connectivity index (χ1) is 25.0. The fraction of sp³-hybridized carbons (Fsp3) is 0.410. The fourth-order valence-electron chi connectivity index (χ4n) is 5.82. The van der Waals surface area contributed by atoms with Gasteiger partial charge >= 0.3 is 29.9 Å². The molecule has 0 aliphatic carbocycles. The smallest absolute Gasteiger partial charge is 0.410 e. The average molecular weight is 762 g/mol. The van der Waals surface area contributed by atoms with Crippen LogP contribution in [0.5, 0.6) is 5.75 Å². The lowest BCUT2D eigenvalue weighted by Crippen LogP contribution is -2.47. The largest absolute Gasteiger partial charge is 0.456 e. The summed E-state index contributed by atoms with van der Waals surface area (Å²) in [5, 5.41) is 2.45. The quantitative estimate of drug-likeness (QED) is 0.0977. The summed E-state index contributed by atoms with van der Waals surface area (Å²) in [6.45, 7) is 14.4. The van der Waals surface area contributed by atoms with E-state index in [2.05, 4.69) is 5.32 Å². The number of hydrogen-bond acceptors (Lipinski definition) is 12. The maximum Gasteiger partial charge on any atom is 0.410 e. The number of esters is 3. The Kier molecular flexibility index (Phi) is 10.8. The third kappa shape index (κ3) is 8.79. The van der Waals surface area contributed by atoms with Gasteiger partial charge in [-0.05, 0) is 98.6 Å². The van der Waals surface area contributed by atoms with E-state index in [1.54, 1.807) is 92.6 Å². The average Bonchev–Trinajstić information content (AvgIpc) is 3.53. The summed E-state index contributed by atoms with van der Waals surface area (Å²) in [5.74, 6) is -5.46. The van der Waals surface area contributed by atoms with Gasteiger partial charge in [0.05, 0.1) is 34.8 Å². The second kappa shape index (κ2) is 14.7. The van der Waals surface area contributed by atoms with Crippen LogP contribution in [0.3, 0.4) is 0 Å². The van der Waals surface area contributed by atoms with Crippen molar-refractivity contribution >= 4 is 58.1 Å². The fourth-order valence-corrected chi connectivity index (χ4v) is 7.16. The van der Waals surface area contributed by atoms with Crippen LogP contribution in [-0.2, 0) is 30.2 Å². The molecule has 0 saturated carbocycles. The van der Waals surface area contributed by atoms with Gasteiger partial charge in [-0.15, -0.1) is 11.3 Å². The topological polar surface area (TPSA) is 175 Å². The number of carbonyl (C=O) groups is 7. The van der Waals surface area contributed by atoms with E-state index < -0.39 is 71.1 Å². The van der Waals surface area contributed by atoms with Crippen LogP contribution in [0.25, 0.3) is 0 Å². The predicted molar refractivity (Wildman–Crippen MR) is 197 cm³/mol. The molecule has 2 aliphatic rings. The minimum Gasteiger partial charge on any atom is -0.456 e. The number of nitrogens with zero attached hydrogens (tertiary/aromatic N) is 2. The zero-order valence-corrected chi connectivity index (χ0v) is 32.4. The molecular weight excluding hydrogens is 719 g/mol. The number of thiophene rings is 1. The molecule has 3 heterocycles. The highest BCUT2D eigenvalue weighted by atomic mass is 32.1. The molecule has 1 aromatic heterocycles. The summed E-state index contributed by atoms with van der Waals surface area (Å²) < 4.78 is 22.3. The van der Waals surface area contributed by atoms with Gasteiger partial charge in [0.25, 0.3) is 11.8 Å². The highest BCUT2D eigenvalue weighted by Gasteiger charge is 2.45. The zero-order chi connectivity index (χ0) is 39.9. The van der Waals surface area contributed by atoms with Gasteiger partial charge in [0, 0.05) is 11.4 Å². The summed E-state index contributed by atoms with van der Waals surface area (Å²) in [5.41, 5.74) is -2.39. The molecule has 54 heavy (non-hydrogen) atoms. The molecule has 0 radical (unpaired) electrons. The van der Waals surface area contributed by atoms with Gasteiger partial charge in [-0.25, -0.2) is 19.2 Å². The number of carbonyl (C=O) groups excluding carboxylic acids is 7. The summed E-state index contributed by atoms with van der Waals surface area (Å²) in [6, 6.07) is 11.4. The van der Waals surface area contributed by atoms with E-state index in [1.807, 2.05) is 0 Å². The Morgan fingerprint density at radius 2 is 1.41 bits per heavy atom. The Labute approximate surface area is 316 Å². The van der Waals surface area contributed by atoms with Gasteiger partial charge in [-0.3, -0.25) is 24.2 Å². The highest BCUT2D eigenvalue weighted by molar-refractivity contribution is 7.17. The van der Waals surface area contributed by atoms with E-state index in [1.165, 1.54) is 23.1 Å². The third-order valence-electron chi connectivity index (χ3n) is 7.89. The molecule has 2 aliphatic heterocycles. The van der Waals surface area contributed by atoms with E-state index in [0.29, 0.717) is 10.4 Å². The van der Waals surface area contributed by atoms with Gasteiger partial charge in [-0.1, -0.05) is 24.3 Å². The van der Waals surface area contributed by atoms with Crippen molar-refractivity contribution in [2.24, 2.45) is 0 Å². The normalized spacial score (nSPS) is 15.6. The molecule has 0 spiro atoms. The molecule has 0 fully saturated rings. The number of hydrogen-bond donors (Lipinski definition) is 1. The SMILES string of the molecule is CC(C)(C)OC(=O)C(=O)Nc1sc2c(c1C(=O)OC(C)(C)C)CCN(C(=O)OC(C)(C)C)C2CN1C(=O)c2cccc(OC(=O)c3ccccc3)c2C1=O. The van der Waals surface area contributed by atoms with Crippen molar-refractivity contribution in [2.45, 2.75) is 91.6 Å². The Balaban J connectivity index is 1.57. The Morgan fingerprint density at radius 3 is 2.02 bits per heavy atom. The maximum atomic E-state index is 14.1. The minimum absolute atomic E-state index is 0.0100. The van der Waals surface area contributed by atoms with Crippen molar-refractivity contribution in [1.82, 2.24) is 9.80 Å². The number of fused-ring (bicyclic) bond motifs is 2. The summed E-state index contributed by atoms with van der Waals surface area (Å²) in [7, 11) is 0. The molecule has 3 aromatic rings. The summed E-state index contributed by atoms with van der Waals surface area (Å²) >= 11 is 0.898. The van der Waals surface area contributed by atoms with E-state index in [4.69, 9.17) is 18.9 Å². The maximum absolute atomic E-state index is 14.1. The van der Waals surface area contributed by atoms with Gasteiger partial charge in [0.15, 0.2) is 0 Å². The molecule has 14 nitrogen and oxygen atoms in total. The van der Waals surface area contributed by atoms with Crippen LogP contribution in [0.15, 0.2) is 48.5 Å². The highest BCUT2D eigenvalue weighted by Crippen LogP contribution is 2.45. The molecule has 15 heteroatoms. The van der Waals surface area contributed by atoms with Crippen molar-refractivity contribution in [3.63, 3.8) is 0 Å². The van der Waals surface area contributed by atoms with Crippen LogP contribution >= 0.6 is 11.3 Å². The second-order valence-electron chi connectivity index (χ2n) is 15.7. The Bertz CT molecular complexity index is 2030. The van der Waals surface area contributed by atoms with Crippen molar-refractivity contribution in [1.29, 1.82) is 0 Å². The van der Waals surface area contributed by atoms with Crippen molar-refractivity contribution in [2.75, 3.05) is 18.4 Å². The number of nitrogens with one attached hydrogen (secondary N) is 1. The Morgan fingerprint density at radius 1 is 0.778 bits per heavy atom. The molecule has 0 saturated heterocycles. The molecular formula is C39H43N3O11S. The monoisotopic (exact) mass is 761 g/mol. The lowest BCUT2D eigenvalue weighted by Gasteiger charge is -2.38. The van der Waals surface area contributed by atoms with Crippen LogP contribution in [0.4, 0.5) is 9.80 Å². The van der Waals surface area contributed by atoms with E-state index in [9.17, 15) is 33.6 Å². The number of amides is 4. The molecule has 286 valence electrons. The van der Waals surface area contributed by atoms with Crippen LogP contribution < -0.4 is 10.1 Å². The van der Waals surface area contributed by atoms with E-state index >= 15 is 0 Å². The summed E-state index contributed by atoms with van der Waals surface area (Å²) in [4.78, 5) is 97.0. The molecule has 1 N–H and O–H groups in total. The van der Waals surface area contributed by atoms with Crippen LogP contribution in [0.2, 0.25) is 0 Å². The summed E-state index contributed by atoms with van der Waals surface area (Å²) in [6.07, 6.45) is -0.654. The Hall–Kier alpha value is -5.57. The lowest BCUT2D eigenvalue weighted by molar-refractivity contribution is -0.161. The number of rotatable bonds is 6. The zero-order valence-electron chi connectivity index (χ0n) is 31.6. The lowest BCUT2D eigenvalue weighted by atomic mass is 9.97. The third-order valence-corrected chi connectivity index (χ3v) is 9.14. The molecule has 4 amide bonds. The first kappa shape index (κ1) is 39.6. The molecule has 1 unspecified atom stereocenters. The van der Waals surface area contributed by atoms with Gasteiger partial charge < -0.3 is 24.3 Å². The predicted octanol–water partition coefficient (Wildman–Crippen LogP) is 6.33. The molecule has 2 aromatic carbocycles. The standard InChI is InChI=1S/C39H43N3O11S/c1-37(2,3)51-34(47)27-22-18-19-41(36(49)53-39(7,8)9)24(28(22)54-30(27)40-29(43)35(48)52-38(4,5)6)20-42-31(44)23-16-13-17-25(26(23)32(42)45)50-33(46)21-14-11-10-12-15-21/h10-17,24H,18-20H2,1-9H3,(H,40,43). The first-order valence-electron chi connectivity index (χ1n) is 17.2. The molecule has 1 atom stereocenters. The van der Waals surface area contributed by atoms with Gasteiger partial charge in [-0.2, -0.15) is 0 Å². The van der Waals surface area contributed by atoms with E-state index in [0.717, 1.165) is 16.2 Å². The van der Waals surface area contributed by atoms with Crippen LogP contribution in [0.1, 0.15) is 120 Å². The number of benzene rings is 2. The van der Waals surface area contributed by atoms with Crippen molar-refractivity contribution in [3.05, 3.63) is 81.2 Å². The first-order valence-corrected chi connectivity index (χ1v) is 18.1. The van der Waals surface area contributed by atoms with Crippen molar-refractivity contribution < 1.29 is 52.5 Å². The molecule has 5 rings (SSSR count). The van der Waals surface area contributed by atoms with Gasteiger partial charge in [0.2, 0.25) is 0 Å². The number of anilines is 1. The van der Waals surface area contributed by atoms with Gasteiger partial charge in [0.1, 0.15) is 27.6 Å². The second-order valence-corrected chi connectivity index (χ2v) is 16.8. The minimum atomic E-state index is -1.19. The number of imide groups is 1. The van der Waals surface area contributed by atoms with Crippen molar-refractivity contribution in [3.8, 4) is 5.75 Å². The number of ether oxygens (including phenoxy) is 4. The van der Waals surface area contributed by atoms with Crippen LogP contribution in [-0.4, -0.2) is 81.4 Å². The van der Waals surface area contributed by atoms with E-state index in [-0.39, 0.29) is 46.0 Å². The van der Waals surface area contributed by atoms with Crippen LogP contribution in [0, 0.1) is 0 Å².